The van der Waals surface area contributed by atoms with Crippen molar-refractivity contribution in [1.29, 1.82) is 0 Å². The van der Waals surface area contributed by atoms with Gasteiger partial charge in [0.25, 0.3) is 0 Å². The minimum Gasteiger partial charge on any atom is -0.397 e. The highest BCUT2D eigenvalue weighted by molar-refractivity contribution is 6.31. The van der Waals surface area contributed by atoms with E-state index in [-0.39, 0.29) is 23.7 Å². The summed E-state index contributed by atoms with van der Waals surface area (Å²) in [6.07, 6.45) is 11.9. The van der Waals surface area contributed by atoms with Crippen LogP contribution in [0.5, 0.6) is 0 Å². The van der Waals surface area contributed by atoms with Crippen molar-refractivity contribution in [3.05, 3.63) is 23.2 Å². The molecule has 8 unspecified atom stereocenters. The Hall–Kier alpha value is -1.26. The number of rotatable bonds is 4. The van der Waals surface area contributed by atoms with Crippen LogP contribution in [0.15, 0.2) is 18.2 Å². The monoisotopic (exact) mass is 457 g/mol. The Morgan fingerprint density at radius 3 is 2.66 bits per heavy atom. The molecule has 0 amide bonds. The first kappa shape index (κ1) is 22.5. The summed E-state index contributed by atoms with van der Waals surface area (Å²) < 4.78 is 0. The smallest absolute Gasteiger partial charge is 0.157 e. The van der Waals surface area contributed by atoms with Crippen molar-refractivity contribution in [1.82, 2.24) is 0 Å². The van der Waals surface area contributed by atoms with Gasteiger partial charge in [-0.15, -0.1) is 0 Å². The topological polar surface area (TPSA) is 72.3 Å². The molecule has 0 aromatic heterocycles. The second-order valence-electron chi connectivity index (χ2n) is 11.8. The standard InChI is InChI=1S/C27H40ClN3O/c1-16-3-6-19-17(13-16)4-7-21-20(19)11-12-27(2)22(21)8-9-23(27)26(32)15-31(30)25-10-5-18(28)14-24(25)29/h5,10,14,16-17,19-23H,3-4,6-9,11-13,15,29-30H2,1-2H3. The van der Waals surface area contributed by atoms with Crippen molar-refractivity contribution >= 4 is 28.8 Å². The van der Waals surface area contributed by atoms with Crippen LogP contribution < -0.4 is 16.6 Å². The molecule has 4 N–H and O–H groups in total. The number of nitrogens with zero attached hydrogens (tertiary/aromatic N) is 1. The summed E-state index contributed by atoms with van der Waals surface area (Å²) in [5.74, 6) is 12.0. The van der Waals surface area contributed by atoms with Gasteiger partial charge in [-0.3, -0.25) is 4.79 Å². The highest BCUT2D eigenvalue weighted by Crippen LogP contribution is 2.64. The van der Waals surface area contributed by atoms with Crippen LogP contribution in [-0.4, -0.2) is 12.3 Å². The van der Waals surface area contributed by atoms with Crippen LogP contribution in [0.2, 0.25) is 5.02 Å². The van der Waals surface area contributed by atoms with E-state index in [1.54, 1.807) is 18.2 Å². The van der Waals surface area contributed by atoms with E-state index < -0.39 is 0 Å². The quantitative estimate of drug-likeness (QED) is 0.326. The minimum atomic E-state index is 0.122. The molecule has 4 nitrogen and oxygen atoms in total. The van der Waals surface area contributed by atoms with Crippen LogP contribution in [0, 0.1) is 46.8 Å². The molecular weight excluding hydrogens is 418 g/mol. The molecule has 4 aliphatic carbocycles. The summed E-state index contributed by atoms with van der Waals surface area (Å²) in [5, 5.41) is 2.10. The molecule has 1 aromatic rings. The molecule has 32 heavy (non-hydrogen) atoms. The van der Waals surface area contributed by atoms with Crippen molar-refractivity contribution in [3.63, 3.8) is 0 Å². The lowest BCUT2D eigenvalue weighted by Crippen LogP contribution is -2.50. The van der Waals surface area contributed by atoms with Crippen LogP contribution >= 0.6 is 11.6 Å². The van der Waals surface area contributed by atoms with Gasteiger partial charge in [0.1, 0.15) is 0 Å². The number of hydrogen-bond donors (Lipinski definition) is 2. The van der Waals surface area contributed by atoms with Crippen molar-refractivity contribution in [2.75, 3.05) is 17.3 Å². The maximum atomic E-state index is 13.5. The Morgan fingerprint density at radius 1 is 1.09 bits per heavy atom. The summed E-state index contributed by atoms with van der Waals surface area (Å²) in [4.78, 5) is 13.5. The summed E-state index contributed by atoms with van der Waals surface area (Å²) in [6.45, 7) is 5.09. The summed E-state index contributed by atoms with van der Waals surface area (Å²) >= 11 is 6.02. The van der Waals surface area contributed by atoms with E-state index in [1.807, 2.05) is 0 Å². The number of fused-ring (bicyclic) bond motifs is 5. The highest BCUT2D eigenvalue weighted by Gasteiger charge is 2.58. The fourth-order valence-corrected chi connectivity index (χ4v) is 8.95. The molecule has 0 bridgehead atoms. The highest BCUT2D eigenvalue weighted by atomic mass is 35.5. The fraction of sp³-hybridized carbons (Fsp3) is 0.741. The molecule has 176 valence electrons. The predicted molar refractivity (Wildman–Crippen MR) is 132 cm³/mol. The van der Waals surface area contributed by atoms with E-state index in [1.165, 1.54) is 56.4 Å². The molecule has 0 saturated heterocycles. The number of nitrogen functional groups attached to an aromatic ring is 1. The minimum absolute atomic E-state index is 0.122. The van der Waals surface area contributed by atoms with Gasteiger partial charge >= 0.3 is 0 Å². The van der Waals surface area contributed by atoms with Gasteiger partial charge < -0.3 is 10.7 Å². The largest absolute Gasteiger partial charge is 0.397 e. The van der Waals surface area contributed by atoms with Gasteiger partial charge in [-0.25, -0.2) is 5.84 Å². The summed E-state index contributed by atoms with van der Waals surface area (Å²) in [7, 11) is 0. The molecule has 4 aliphatic rings. The van der Waals surface area contributed by atoms with E-state index in [4.69, 9.17) is 23.2 Å². The molecular formula is C27H40ClN3O. The Balaban J connectivity index is 1.29. The zero-order valence-corrected chi connectivity index (χ0v) is 20.5. The molecule has 0 spiro atoms. The molecule has 0 heterocycles. The van der Waals surface area contributed by atoms with Gasteiger partial charge in [0.2, 0.25) is 0 Å². The van der Waals surface area contributed by atoms with Crippen molar-refractivity contribution in [2.45, 2.75) is 71.6 Å². The lowest BCUT2D eigenvalue weighted by atomic mass is 9.49. The molecule has 0 radical (unpaired) electrons. The first-order valence-electron chi connectivity index (χ1n) is 12.9. The lowest BCUT2D eigenvalue weighted by molar-refractivity contribution is -0.129. The Morgan fingerprint density at radius 2 is 1.88 bits per heavy atom. The van der Waals surface area contributed by atoms with E-state index >= 15 is 0 Å². The number of hydrazine groups is 1. The van der Waals surface area contributed by atoms with Crippen molar-refractivity contribution in [3.8, 4) is 0 Å². The van der Waals surface area contributed by atoms with Gasteiger partial charge in [0.05, 0.1) is 17.9 Å². The number of Topliss-reactive ketones (excluding diaryl/α,β-unsaturated/α-hetero) is 1. The van der Waals surface area contributed by atoms with Crippen molar-refractivity contribution in [2.24, 2.45) is 52.7 Å². The SMILES string of the molecule is CC1CCC2C(CCC3C2CCC2(C)C(C(=O)CN(N)c4ccc(Cl)cc4N)CCC32)C1. The third-order valence-corrected chi connectivity index (χ3v) is 10.5. The Kier molecular flexibility index (Phi) is 5.99. The second-order valence-corrected chi connectivity index (χ2v) is 12.3. The van der Waals surface area contributed by atoms with Crippen LogP contribution in [0.25, 0.3) is 0 Å². The van der Waals surface area contributed by atoms with E-state index in [0.717, 1.165) is 36.0 Å². The number of carbonyl (C=O) groups is 1. The van der Waals surface area contributed by atoms with Crippen LogP contribution in [-0.2, 0) is 4.79 Å². The maximum Gasteiger partial charge on any atom is 0.157 e. The zero-order valence-electron chi connectivity index (χ0n) is 19.7. The van der Waals surface area contributed by atoms with Crippen LogP contribution in [0.4, 0.5) is 11.4 Å². The van der Waals surface area contributed by atoms with E-state index in [2.05, 4.69) is 13.8 Å². The molecule has 5 rings (SSSR count). The average Bonchev–Trinajstić information content (AvgIpc) is 3.10. The third-order valence-electron chi connectivity index (χ3n) is 10.2. The van der Waals surface area contributed by atoms with Gasteiger partial charge in [-0.05, 0) is 110 Å². The number of ketones is 1. The van der Waals surface area contributed by atoms with Crippen molar-refractivity contribution < 1.29 is 4.79 Å². The number of carbonyl (C=O) groups excluding carboxylic acids is 1. The van der Waals surface area contributed by atoms with E-state index in [0.29, 0.717) is 22.3 Å². The van der Waals surface area contributed by atoms with Gasteiger partial charge in [0.15, 0.2) is 5.78 Å². The Labute approximate surface area is 198 Å². The first-order chi connectivity index (χ1) is 15.3. The normalized spacial score (nSPS) is 40.8. The number of hydrogen-bond acceptors (Lipinski definition) is 4. The fourth-order valence-electron chi connectivity index (χ4n) is 8.77. The first-order valence-corrected chi connectivity index (χ1v) is 13.3. The van der Waals surface area contributed by atoms with Gasteiger partial charge in [-0.2, -0.15) is 0 Å². The van der Waals surface area contributed by atoms with Crippen LogP contribution in [0.1, 0.15) is 71.6 Å². The van der Waals surface area contributed by atoms with Gasteiger partial charge in [0, 0.05) is 10.9 Å². The summed E-state index contributed by atoms with van der Waals surface area (Å²) in [5.41, 5.74) is 7.43. The molecule has 1 aromatic carbocycles. The van der Waals surface area contributed by atoms with Crippen LogP contribution in [0.3, 0.4) is 0 Å². The molecule has 0 aliphatic heterocycles. The Bertz CT molecular complexity index is 874. The zero-order chi connectivity index (χ0) is 22.6. The molecule has 5 heteroatoms. The lowest BCUT2D eigenvalue weighted by Gasteiger charge is -2.56. The number of benzene rings is 1. The molecule has 4 fully saturated rings. The number of nitrogens with two attached hydrogens (primary N) is 2. The summed E-state index contributed by atoms with van der Waals surface area (Å²) in [6, 6.07) is 5.27. The third kappa shape index (κ3) is 3.76. The maximum absolute atomic E-state index is 13.5. The molecule has 4 saturated carbocycles. The molecule has 8 atom stereocenters. The average molecular weight is 458 g/mol. The number of anilines is 2. The second kappa shape index (κ2) is 8.51. The van der Waals surface area contributed by atoms with Gasteiger partial charge in [-0.1, -0.05) is 31.9 Å². The van der Waals surface area contributed by atoms with E-state index in [9.17, 15) is 4.79 Å². The predicted octanol–water partition coefficient (Wildman–Crippen LogP) is 6.08. The number of halogens is 1.